The van der Waals surface area contributed by atoms with Gasteiger partial charge in [0, 0.05) is 11.3 Å². The molecule has 0 fully saturated rings. The Morgan fingerprint density at radius 2 is 1.87 bits per heavy atom. The molecule has 0 aliphatic heterocycles. The molecule has 1 unspecified atom stereocenters. The molecule has 0 spiro atoms. The van der Waals surface area contributed by atoms with Gasteiger partial charge in [-0.05, 0) is 66.8 Å². The van der Waals surface area contributed by atoms with Crippen molar-refractivity contribution in [2.75, 3.05) is 11.9 Å². The van der Waals surface area contributed by atoms with Crippen molar-refractivity contribution >= 4 is 22.7 Å². The number of nitrogens with zero attached hydrogens (tertiary/aromatic N) is 1. The lowest BCUT2D eigenvalue weighted by atomic mass is 9.99. The third kappa shape index (κ3) is 4.77. The maximum absolute atomic E-state index is 12.5. The molecule has 0 aliphatic rings. The van der Waals surface area contributed by atoms with Gasteiger partial charge in [-0.1, -0.05) is 44.2 Å². The summed E-state index contributed by atoms with van der Waals surface area (Å²) in [5.74, 6) is 1.49. The second-order valence-electron chi connectivity index (χ2n) is 7.73. The van der Waals surface area contributed by atoms with Crippen LogP contribution in [0.1, 0.15) is 37.3 Å². The Morgan fingerprint density at radius 1 is 1.10 bits per heavy atom. The zero-order valence-electron chi connectivity index (χ0n) is 18.0. The van der Waals surface area contributed by atoms with E-state index in [4.69, 9.17) is 9.15 Å². The third-order valence-electron chi connectivity index (χ3n) is 5.48. The number of hydrogen-bond donors (Lipinski definition) is 1. The number of aryl methyl sites for hydroxylation is 1. The molecule has 158 valence electrons. The van der Waals surface area contributed by atoms with Gasteiger partial charge >= 0.3 is 0 Å². The first-order valence-electron chi connectivity index (χ1n) is 10.5. The molecule has 0 radical (unpaired) electrons. The quantitative estimate of drug-likeness (QED) is 0.383. The van der Waals surface area contributed by atoms with Crippen LogP contribution in [0.5, 0.6) is 5.75 Å². The molecule has 5 nitrogen and oxygen atoms in total. The first-order chi connectivity index (χ1) is 15.0. The molecular weight excluding hydrogens is 388 g/mol. The monoisotopic (exact) mass is 414 g/mol. The Hall–Kier alpha value is -3.60. The molecule has 0 saturated carbocycles. The molecule has 4 rings (SSSR count). The highest BCUT2D eigenvalue weighted by Crippen LogP contribution is 2.28. The summed E-state index contributed by atoms with van der Waals surface area (Å²) >= 11 is 0. The zero-order chi connectivity index (χ0) is 21.8. The lowest BCUT2D eigenvalue weighted by Crippen LogP contribution is -2.20. The molecule has 3 aromatic carbocycles. The van der Waals surface area contributed by atoms with E-state index >= 15 is 0 Å². The number of benzene rings is 3. The Bertz CT molecular complexity index is 1160. The van der Waals surface area contributed by atoms with Gasteiger partial charge in [0.2, 0.25) is 5.89 Å². The summed E-state index contributed by atoms with van der Waals surface area (Å²) < 4.78 is 11.5. The molecule has 1 amide bonds. The van der Waals surface area contributed by atoms with Crippen LogP contribution in [-0.4, -0.2) is 17.5 Å². The number of carbonyl (C=O) groups excluding carboxylic acids is 1. The molecule has 1 heterocycles. The van der Waals surface area contributed by atoms with E-state index in [1.165, 1.54) is 5.56 Å². The average Bonchev–Trinajstić information content (AvgIpc) is 3.23. The second-order valence-corrected chi connectivity index (χ2v) is 7.73. The van der Waals surface area contributed by atoms with Crippen molar-refractivity contribution < 1.29 is 13.9 Å². The highest BCUT2D eigenvalue weighted by atomic mass is 16.5. The number of rotatable bonds is 7. The minimum Gasteiger partial charge on any atom is -0.484 e. The first-order valence-corrected chi connectivity index (χ1v) is 10.5. The van der Waals surface area contributed by atoms with Crippen LogP contribution >= 0.6 is 0 Å². The van der Waals surface area contributed by atoms with E-state index in [0.29, 0.717) is 23.2 Å². The van der Waals surface area contributed by atoms with E-state index in [0.717, 1.165) is 28.6 Å². The molecule has 1 atom stereocenters. The standard InChI is InChI=1S/C26H26N2O3/c1-4-17(2)19-11-13-21(14-12-19)30-16-25(29)27-23-15-20(10-9-18(23)3)26-28-22-7-5-6-8-24(22)31-26/h5-15,17H,4,16H2,1-3H3,(H,27,29). The third-order valence-corrected chi connectivity index (χ3v) is 5.48. The largest absolute Gasteiger partial charge is 0.484 e. The fraction of sp³-hybridized carbons (Fsp3) is 0.231. The number of carbonyl (C=O) groups is 1. The topological polar surface area (TPSA) is 64.4 Å². The molecule has 31 heavy (non-hydrogen) atoms. The van der Waals surface area contributed by atoms with Crippen molar-refractivity contribution in [2.24, 2.45) is 0 Å². The van der Waals surface area contributed by atoms with Crippen LogP contribution in [0.4, 0.5) is 5.69 Å². The molecule has 1 aromatic heterocycles. The Balaban J connectivity index is 1.42. The number of aromatic nitrogens is 1. The van der Waals surface area contributed by atoms with Crippen LogP contribution < -0.4 is 10.1 Å². The zero-order valence-corrected chi connectivity index (χ0v) is 18.0. The van der Waals surface area contributed by atoms with E-state index in [1.54, 1.807) is 0 Å². The molecular formula is C26H26N2O3. The Labute approximate surface area is 182 Å². The summed E-state index contributed by atoms with van der Waals surface area (Å²) in [6, 6.07) is 21.3. The van der Waals surface area contributed by atoms with Crippen molar-refractivity contribution in [3.8, 4) is 17.2 Å². The summed E-state index contributed by atoms with van der Waals surface area (Å²) in [5.41, 5.74) is 5.27. The summed E-state index contributed by atoms with van der Waals surface area (Å²) in [5, 5.41) is 2.93. The number of fused-ring (bicyclic) bond motifs is 1. The number of oxazole rings is 1. The van der Waals surface area contributed by atoms with Gasteiger partial charge in [-0.3, -0.25) is 4.79 Å². The van der Waals surface area contributed by atoms with Gasteiger partial charge < -0.3 is 14.5 Å². The molecule has 1 N–H and O–H groups in total. The second kappa shape index (κ2) is 9.04. The number of anilines is 1. The molecule has 5 heteroatoms. The Morgan fingerprint density at radius 3 is 2.61 bits per heavy atom. The highest BCUT2D eigenvalue weighted by molar-refractivity contribution is 5.93. The highest BCUT2D eigenvalue weighted by Gasteiger charge is 2.12. The van der Waals surface area contributed by atoms with Gasteiger partial charge in [0.25, 0.3) is 5.91 Å². The van der Waals surface area contributed by atoms with E-state index in [9.17, 15) is 4.79 Å². The van der Waals surface area contributed by atoms with Gasteiger partial charge in [-0.2, -0.15) is 0 Å². The molecule has 0 bridgehead atoms. The van der Waals surface area contributed by atoms with Crippen LogP contribution in [0.2, 0.25) is 0 Å². The normalized spacial score (nSPS) is 12.0. The first kappa shape index (κ1) is 20.7. The van der Waals surface area contributed by atoms with E-state index in [2.05, 4.69) is 36.3 Å². The minimum absolute atomic E-state index is 0.0603. The molecule has 0 aliphatic carbocycles. The number of hydrogen-bond acceptors (Lipinski definition) is 4. The van der Waals surface area contributed by atoms with Crippen LogP contribution in [0.3, 0.4) is 0 Å². The predicted molar refractivity (Wildman–Crippen MR) is 123 cm³/mol. The summed E-state index contributed by atoms with van der Waals surface area (Å²) in [6.07, 6.45) is 1.09. The van der Waals surface area contributed by atoms with Gasteiger partial charge in [0.15, 0.2) is 12.2 Å². The maximum atomic E-state index is 12.5. The smallest absolute Gasteiger partial charge is 0.262 e. The van der Waals surface area contributed by atoms with Crippen LogP contribution in [0.25, 0.3) is 22.6 Å². The van der Waals surface area contributed by atoms with Crippen molar-refractivity contribution in [1.82, 2.24) is 4.98 Å². The van der Waals surface area contributed by atoms with Crippen molar-refractivity contribution in [2.45, 2.75) is 33.1 Å². The van der Waals surface area contributed by atoms with Crippen LogP contribution in [0, 0.1) is 6.92 Å². The maximum Gasteiger partial charge on any atom is 0.262 e. The number of nitrogens with one attached hydrogen (secondary N) is 1. The lowest BCUT2D eigenvalue weighted by Gasteiger charge is -2.12. The van der Waals surface area contributed by atoms with E-state index in [-0.39, 0.29) is 12.5 Å². The van der Waals surface area contributed by atoms with Crippen LogP contribution in [0.15, 0.2) is 71.1 Å². The number of para-hydroxylation sites is 2. The predicted octanol–water partition coefficient (Wildman–Crippen LogP) is 6.33. The summed E-state index contributed by atoms with van der Waals surface area (Å²) in [4.78, 5) is 17.0. The van der Waals surface area contributed by atoms with Crippen molar-refractivity contribution in [3.05, 3.63) is 77.9 Å². The van der Waals surface area contributed by atoms with Crippen LogP contribution in [-0.2, 0) is 4.79 Å². The minimum atomic E-state index is -0.219. The van der Waals surface area contributed by atoms with Gasteiger partial charge in [0.1, 0.15) is 11.3 Å². The SMILES string of the molecule is CCC(C)c1ccc(OCC(=O)Nc2cc(-c3nc4ccccc4o3)ccc2C)cc1. The van der Waals surface area contributed by atoms with E-state index < -0.39 is 0 Å². The van der Waals surface area contributed by atoms with Crippen molar-refractivity contribution in [3.63, 3.8) is 0 Å². The average molecular weight is 415 g/mol. The Kier molecular flexibility index (Phi) is 6.03. The molecule has 0 saturated heterocycles. The van der Waals surface area contributed by atoms with Gasteiger partial charge in [-0.15, -0.1) is 0 Å². The fourth-order valence-corrected chi connectivity index (χ4v) is 3.35. The number of ether oxygens (including phenoxy) is 1. The summed E-state index contributed by atoms with van der Waals surface area (Å²) in [7, 11) is 0. The van der Waals surface area contributed by atoms with Gasteiger partial charge in [0.05, 0.1) is 0 Å². The fourth-order valence-electron chi connectivity index (χ4n) is 3.35. The van der Waals surface area contributed by atoms with Crippen molar-refractivity contribution in [1.29, 1.82) is 0 Å². The summed E-state index contributed by atoms with van der Waals surface area (Å²) in [6.45, 7) is 6.25. The lowest BCUT2D eigenvalue weighted by molar-refractivity contribution is -0.118. The number of amides is 1. The van der Waals surface area contributed by atoms with Gasteiger partial charge in [-0.25, -0.2) is 4.98 Å². The molecule has 4 aromatic rings. The van der Waals surface area contributed by atoms with E-state index in [1.807, 2.05) is 61.5 Å².